The van der Waals surface area contributed by atoms with Gasteiger partial charge in [0, 0.05) is 12.6 Å². The lowest BCUT2D eigenvalue weighted by Gasteiger charge is -2.14. The van der Waals surface area contributed by atoms with Crippen molar-refractivity contribution in [2.45, 2.75) is 44.6 Å². The first-order valence-electron chi connectivity index (χ1n) is 6.92. The van der Waals surface area contributed by atoms with Gasteiger partial charge in [-0.3, -0.25) is 0 Å². The van der Waals surface area contributed by atoms with E-state index >= 15 is 0 Å². The van der Waals surface area contributed by atoms with E-state index in [-0.39, 0.29) is 28.4 Å². The van der Waals surface area contributed by atoms with Gasteiger partial charge in [-0.1, -0.05) is 37.9 Å². The molecule has 2 N–H and O–H groups in total. The van der Waals surface area contributed by atoms with Crippen molar-refractivity contribution in [3.05, 3.63) is 28.8 Å². The molecule has 0 aliphatic rings. The van der Waals surface area contributed by atoms with Crippen molar-refractivity contribution in [1.29, 1.82) is 0 Å². The molecule has 0 saturated heterocycles. The topological polar surface area (TPSA) is 58.2 Å². The Kier molecular flexibility index (Phi) is 9.49. The van der Waals surface area contributed by atoms with E-state index in [1.807, 2.05) is 19.9 Å². The molecule has 1 atom stereocenters. The fourth-order valence-corrected chi connectivity index (χ4v) is 3.61. The van der Waals surface area contributed by atoms with Crippen LogP contribution in [0.15, 0.2) is 23.1 Å². The van der Waals surface area contributed by atoms with Crippen LogP contribution in [0, 0.1) is 0 Å². The predicted octanol–water partition coefficient (Wildman–Crippen LogP) is 2.99. The number of nitrogens with one attached hydrogen (secondary N) is 2. The summed E-state index contributed by atoms with van der Waals surface area (Å²) < 4.78 is 27.2. The van der Waals surface area contributed by atoms with E-state index in [9.17, 15) is 8.42 Å². The molecule has 0 unspecified atom stereocenters. The molecule has 0 saturated carbocycles. The molecule has 0 amide bonds. The molecule has 1 aromatic carbocycles. The second-order valence-corrected chi connectivity index (χ2v) is 6.97. The standard InChI is InChI=1S/C14H23ClN2O2S.ClH/c1-4-6-12-7-8-13(15)14(9-12)20(18,19)17-10-11(3)16-5-2;/h7-9,11,16-17H,4-6,10H2,1-3H3;1H/t11-;/m1./s1. The minimum atomic E-state index is -3.57. The van der Waals surface area contributed by atoms with Crippen LogP contribution in [0.3, 0.4) is 0 Å². The van der Waals surface area contributed by atoms with Gasteiger partial charge in [-0.25, -0.2) is 13.1 Å². The zero-order valence-electron chi connectivity index (χ0n) is 12.6. The van der Waals surface area contributed by atoms with E-state index in [0.717, 1.165) is 24.9 Å². The summed E-state index contributed by atoms with van der Waals surface area (Å²) in [4.78, 5) is 0.161. The SMILES string of the molecule is CCCc1ccc(Cl)c(S(=O)(=O)NC[C@@H](C)NCC)c1.Cl. The summed E-state index contributed by atoms with van der Waals surface area (Å²) in [5.41, 5.74) is 0.983. The fraction of sp³-hybridized carbons (Fsp3) is 0.571. The summed E-state index contributed by atoms with van der Waals surface area (Å²) in [5.74, 6) is 0. The van der Waals surface area contributed by atoms with Crippen LogP contribution >= 0.6 is 24.0 Å². The fourth-order valence-electron chi connectivity index (χ4n) is 1.93. The van der Waals surface area contributed by atoms with Crippen LogP contribution in [-0.2, 0) is 16.4 Å². The van der Waals surface area contributed by atoms with Gasteiger partial charge in [0.2, 0.25) is 10.0 Å². The van der Waals surface area contributed by atoms with Gasteiger partial charge in [0.05, 0.1) is 5.02 Å². The molecular formula is C14H24Cl2N2O2S. The molecule has 0 aliphatic heterocycles. The van der Waals surface area contributed by atoms with Crippen LogP contribution in [0.2, 0.25) is 5.02 Å². The maximum absolute atomic E-state index is 12.3. The van der Waals surface area contributed by atoms with E-state index in [1.165, 1.54) is 0 Å². The van der Waals surface area contributed by atoms with Gasteiger partial charge in [0.1, 0.15) is 4.90 Å². The average Bonchev–Trinajstić information content (AvgIpc) is 2.39. The highest BCUT2D eigenvalue weighted by Gasteiger charge is 2.18. The molecule has 0 aliphatic carbocycles. The first kappa shape index (κ1) is 20.7. The van der Waals surface area contributed by atoms with Crippen LogP contribution in [0.5, 0.6) is 0 Å². The van der Waals surface area contributed by atoms with E-state index in [4.69, 9.17) is 11.6 Å². The quantitative estimate of drug-likeness (QED) is 0.754. The molecule has 0 fully saturated rings. The Morgan fingerprint density at radius 1 is 1.29 bits per heavy atom. The summed E-state index contributed by atoms with van der Waals surface area (Å²) in [5, 5.41) is 3.41. The summed E-state index contributed by atoms with van der Waals surface area (Å²) >= 11 is 6.02. The lowest BCUT2D eigenvalue weighted by molar-refractivity contribution is 0.536. The number of benzene rings is 1. The van der Waals surface area contributed by atoms with Crippen molar-refractivity contribution in [2.75, 3.05) is 13.1 Å². The van der Waals surface area contributed by atoms with Gasteiger partial charge in [0.15, 0.2) is 0 Å². The molecule has 4 nitrogen and oxygen atoms in total. The molecule has 0 heterocycles. The minimum Gasteiger partial charge on any atom is -0.313 e. The lowest BCUT2D eigenvalue weighted by atomic mass is 10.1. The monoisotopic (exact) mass is 354 g/mol. The Morgan fingerprint density at radius 3 is 2.52 bits per heavy atom. The zero-order valence-corrected chi connectivity index (χ0v) is 15.0. The lowest BCUT2D eigenvalue weighted by Crippen LogP contribution is -2.38. The van der Waals surface area contributed by atoms with Gasteiger partial charge in [-0.15, -0.1) is 12.4 Å². The number of hydrogen-bond donors (Lipinski definition) is 2. The molecule has 0 radical (unpaired) electrons. The van der Waals surface area contributed by atoms with Crippen molar-refractivity contribution in [1.82, 2.24) is 10.0 Å². The zero-order chi connectivity index (χ0) is 15.2. The van der Waals surface area contributed by atoms with Crippen molar-refractivity contribution in [3.8, 4) is 0 Å². The second kappa shape index (κ2) is 9.64. The number of aryl methyl sites for hydroxylation is 1. The minimum absolute atomic E-state index is 0. The molecule has 0 aromatic heterocycles. The molecule has 1 aromatic rings. The third-order valence-electron chi connectivity index (χ3n) is 2.96. The maximum Gasteiger partial charge on any atom is 0.242 e. The van der Waals surface area contributed by atoms with E-state index in [2.05, 4.69) is 17.0 Å². The van der Waals surface area contributed by atoms with E-state index in [1.54, 1.807) is 12.1 Å². The summed E-state index contributed by atoms with van der Waals surface area (Å²) in [6, 6.07) is 5.25. The van der Waals surface area contributed by atoms with E-state index < -0.39 is 10.0 Å². The largest absolute Gasteiger partial charge is 0.313 e. The van der Waals surface area contributed by atoms with Crippen molar-refractivity contribution in [2.24, 2.45) is 0 Å². The van der Waals surface area contributed by atoms with Crippen LogP contribution in [-0.4, -0.2) is 27.5 Å². The highest BCUT2D eigenvalue weighted by molar-refractivity contribution is 7.89. The van der Waals surface area contributed by atoms with Crippen LogP contribution < -0.4 is 10.0 Å². The highest BCUT2D eigenvalue weighted by Crippen LogP contribution is 2.23. The first-order chi connectivity index (χ1) is 9.40. The van der Waals surface area contributed by atoms with Crippen molar-refractivity contribution >= 4 is 34.0 Å². The molecule has 1 rings (SSSR count). The maximum atomic E-state index is 12.3. The molecule has 7 heteroatoms. The van der Waals surface area contributed by atoms with Gasteiger partial charge in [0.25, 0.3) is 0 Å². The number of likely N-dealkylation sites (N-methyl/N-ethyl adjacent to an activating group) is 1. The molecule has 122 valence electrons. The number of sulfonamides is 1. The van der Waals surface area contributed by atoms with Crippen molar-refractivity contribution in [3.63, 3.8) is 0 Å². The summed E-state index contributed by atoms with van der Waals surface area (Å²) in [6.07, 6.45) is 1.81. The van der Waals surface area contributed by atoms with Gasteiger partial charge in [-0.05, 0) is 37.6 Å². The number of rotatable bonds is 8. The van der Waals surface area contributed by atoms with E-state index in [0.29, 0.717) is 6.54 Å². The third kappa shape index (κ3) is 6.53. The third-order valence-corrected chi connectivity index (χ3v) is 4.86. The Morgan fingerprint density at radius 2 is 1.95 bits per heavy atom. The Balaban J connectivity index is 0.00000400. The second-order valence-electron chi connectivity index (χ2n) is 4.83. The molecular weight excluding hydrogens is 331 g/mol. The summed E-state index contributed by atoms with van der Waals surface area (Å²) in [7, 11) is -3.57. The van der Waals surface area contributed by atoms with Crippen LogP contribution in [0.4, 0.5) is 0 Å². The first-order valence-corrected chi connectivity index (χ1v) is 8.78. The normalized spacial score (nSPS) is 12.8. The van der Waals surface area contributed by atoms with Crippen LogP contribution in [0.1, 0.15) is 32.8 Å². The Labute approximate surface area is 139 Å². The summed E-state index contributed by atoms with van der Waals surface area (Å²) in [6.45, 7) is 7.11. The van der Waals surface area contributed by atoms with Gasteiger partial charge >= 0.3 is 0 Å². The average molecular weight is 355 g/mol. The smallest absolute Gasteiger partial charge is 0.242 e. The molecule has 0 spiro atoms. The Hall–Kier alpha value is -0.330. The highest BCUT2D eigenvalue weighted by atomic mass is 35.5. The Bertz CT molecular complexity index is 536. The van der Waals surface area contributed by atoms with Gasteiger partial charge < -0.3 is 5.32 Å². The molecule has 21 heavy (non-hydrogen) atoms. The van der Waals surface area contributed by atoms with Gasteiger partial charge in [-0.2, -0.15) is 0 Å². The predicted molar refractivity (Wildman–Crippen MR) is 91.0 cm³/mol. The molecule has 0 bridgehead atoms. The number of halogens is 2. The number of hydrogen-bond acceptors (Lipinski definition) is 3. The van der Waals surface area contributed by atoms with Crippen LogP contribution in [0.25, 0.3) is 0 Å². The van der Waals surface area contributed by atoms with Crippen molar-refractivity contribution < 1.29 is 8.42 Å².